The Morgan fingerprint density at radius 2 is 1.71 bits per heavy atom. The number of hydrogen-bond acceptors (Lipinski definition) is 4. The highest BCUT2D eigenvalue weighted by atomic mass is 35.7. The molecular weight excluding hydrogens is 369 g/mol. The van der Waals surface area contributed by atoms with Crippen molar-refractivity contribution >= 4 is 33.9 Å². The third kappa shape index (κ3) is 2.98. The highest BCUT2D eigenvalue weighted by Gasteiger charge is 2.51. The number of aryl methyl sites for hydroxylation is 1. The van der Waals surface area contributed by atoms with Crippen molar-refractivity contribution in [1.29, 1.82) is 0 Å². The van der Waals surface area contributed by atoms with Gasteiger partial charge in [0.05, 0.1) is 4.90 Å². The highest BCUT2D eigenvalue weighted by Crippen LogP contribution is 2.65. The van der Waals surface area contributed by atoms with Crippen molar-refractivity contribution in [2.24, 2.45) is 5.10 Å². The number of hydrazone groups is 1. The average Bonchev–Trinajstić information content (AvgIpc) is 2.78. The summed E-state index contributed by atoms with van der Waals surface area (Å²) in [6, 6.07) is 6.32. The fourth-order valence-corrected chi connectivity index (χ4v) is 8.71. The zero-order valence-electron chi connectivity index (χ0n) is 13.7. The summed E-state index contributed by atoms with van der Waals surface area (Å²) in [5, 5.41) is 4.06. The van der Waals surface area contributed by atoms with Gasteiger partial charge in [-0.1, -0.05) is 41.1 Å². The first-order valence-corrected chi connectivity index (χ1v) is 12.0. The Balaban J connectivity index is 1.97. The van der Waals surface area contributed by atoms with Crippen molar-refractivity contribution < 1.29 is 13.0 Å². The molecule has 0 aromatic heterocycles. The molecule has 0 amide bonds. The molecule has 6 nitrogen and oxygen atoms in total. The van der Waals surface area contributed by atoms with E-state index in [1.54, 1.807) is 19.1 Å². The van der Waals surface area contributed by atoms with Crippen LogP contribution in [-0.4, -0.2) is 29.2 Å². The van der Waals surface area contributed by atoms with E-state index in [1.165, 1.54) is 16.8 Å². The number of nitrogens with zero attached hydrogens (tertiary/aromatic N) is 3. The van der Waals surface area contributed by atoms with Gasteiger partial charge < -0.3 is 0 Å². The van der Waals surface area contributed by atoms with Gasteiger partial charge in [0, 0.05) is 6.04 Å². The van der Waals surface area contributed by atoms with Crippen LogP contribution in [0.1, 0.15) is 44.6 Å². The van der Waals surface area contributed by atoms with Gasteiger partial charge in [-0.05, 0) is 50.1 Å². The van der Waals surface area contributed by atoms with Crippen LogP contribution in [0.2, 0.25) is 0 Å². The quantitative estimate of drug-likeness (QED) is 0.722. The minimum atomic E-state index is -4.06. The average molecular weight is 390 g/mol. The van der Waals surface area contributed by atoms with Crippen LogP contribution in [0.25, 0.3) is 0 Å². The predicted molar refractivity (Wildman–Crippen MR) is 95.5 cm³/mol. The van der Waals surface area contributed by atoms with Gasteiger partial charge in [0.25, 0.3) is 10.0 Å². The lowest BCUT2D eigenvalue weighted by Crippen LogP contribution is -2.35. The molecule has 1 unspecified atom stereocenters. The summed E-state index contributed by atoms with van der Waals surface area (Å²) >= 11 is 6.31. The first-order valence-electron chi connectivity index (χ1n) is 8.01. The molecule has 132 valence electrons. The summed E-state index contributed by atoms with van der Waals surface area (Å²) in [5.74, 6) is 0.399. The Labute approximate surface area is 147 Å². The van der Waals surface area contributed by atoms with Crippen LogP contribution in [0.15, 0.2) is 34.3 Å². The molecule has 0 bridgehead atoms. The SMILES string of the molecule is CC1=NN(S(=O)(=O)c2ccc(C)cc2)P(=O)(Cl)N1C1CCCCC1. The number of benzene rings is 1. The van der Waals surface area contributed by atoms with Gasteiger partial charge in [-0.25, -0.2) is 0 Å². The molecule has 1 aromatic carbocycles. The molecule has 1 saturated carbocycles. The van der Waals surface area contributed by atoms with E-state index in [0.717, 1.165) is 37.7 Å². The molecule has 1 aromatic rings. The maximum absolute atomic E-state index is 13.2. The Morgan fingerprint density at radius 3 is 2.29 bits per heavy atom. The fourth-order valence-electron chi connectivity index (χ4n) is 3.27. The second kappa shape index (κ2) is 6.36. The van der Waals surface area contributed by atoms with Crippen LogP contribution >= 0.6 is 18.0 Å². The van der Waals surface area contributed by atoms with E-state index in [4.69, 9.17) is 11.2 Å². The number of amidine groups is 1. The second-order valence-corrected chi connectivity index (χ2v) is 11.4. The third-order valence-corrected chi connectivity index (χ3v) is 10.0. The highest BCUT2D eigenvalue weighted by molar-refractivity contribution is 8.01. The van der Waals surface area contributed by atoms with Crippen LogP contribution in [0.4, 0.5) is 0 Å². The molecule has 1 aliphatic carbocycles. The number of halogens is 1. The number of sulfonamides is 1. The van der Waals surface area contributed by atoms with E-state index in [9.17, 15) is 13.0 Å². The van der Waals surface area contributed by atoms with Gasteiger partial charge >= 0.3 is 6.80 Å². The van der Waals surface area contributed by atoms with Crippen LogP contribution < -0.4 is 0 Å². The largest absolute Gasteiger partial charge is 0.383 e. The summed E-state index contributed by atoms with van der Waals surface area (Å²) in [6.07, 6.45) is 4.88. The lowest BCUT2D eigenvalue weighted by atomic mass is 9.95. The molecule has 1 aliphatic heterocycles. The fraction of sp³-hybridized carbons (Fsp3) is 0.533. The molecule has 0 spiro atoms. The molecule has 2 aliphatic rings. The van der Waals surface area contributed by atoms with Crippen molar-refractivity contribution in [1.82, 2.24) is 8.86 Å². The van der Waals surface area contributed by atoms with Crippen LogP contribution in [0.3, 0.4) is 0 Å². The monoisotopic (exact) mass is 389 g/mol. The molecule has 24 heavy (non-hydrogen) atoms. The van der Waals surface area contributed by atoms with Crippen molar-refractivity contribution in [3.63, 3.8) is 0 Å². The number of hydrogen-bond donors (Lipinski definition) is 0. The smallest absolute Gasteiger partial charge is 0.276 e. The Hall–Kier alpha value is -1.04. The second-order valence-electron chi connectivity index (χ2n) is 6.30. The standard InChI is InChI=1S/C15H21ClN3O3PS/c1-12-8-10-15(11-9-12)24(21,22)19-17-13(2)18(23(19,16)20)14-6-4-3-5-7-14/h8-11,14H,3-7H2,1-2H3. The number of rotatable bonds is 3. The first kappa shape index (κ1) is 17.8. The molecular formula is C15H21ClN3O3PS. The molecule has 3 rings (SSSR count). The van der Waals surface area contributed by atoms with E-state index < -0.39 is 16.8 Å². The third-order valence-electron chi connectivity index (χ3n) is 4.49. The van der Waals surface area contributed by atoms with Gasteiger partial charge in [-0.2, -0.15) is 8.42 Å². The van der Waals surface area contributed by atoms with E-state index >= 15 is 0 Å². The predicted octanol–water partition coefficient (Wildman–Crippen LogP) is 4.31. The Bertz CT molecular complexity index is 804. The summed E-state index contributed by atoms with van der Waals surface area (Å²) in [7, 11) is -4.06. The van der Waals surface area contributed by atoms with Crippen LogP contribution in [-0.2, 0) is 14.6 Å². The van der Waals surface area contributed by atoms with E-state index in [-0.39, 0.29) is 10.9 Å². The normalized spacial score (nSPS) is 25.9. The van der Waals surface area contributed by atoms with Crippen molar-refractivity contribution in [2.45, 2.75) is 56.9 Å². The summed E-state index contributed by atoms with van der Waals surface area (Å²) < 4.78 is 41.1. The molecule has 9 heteroatoms. The van der Waals surface area contributed by atoms with Gasteiger partial charge in [-0.3, -0.25) is 9.24 Å². The molecule has 1 heterocycles. The van der Waals surface area contributed by atoms with Gasteiger partial charge in [0.1, 0.15) is 5.84 Å². The summed E-state index contributed by atoms with van der Waals surface area (Å²) in [6.45, 7) is -0.312. The summed E-state index contributed by atoms with van der Waals surface area (Å²) in [4.78, 5) is 0.0380. The van der Waals surface area contributed by atoms with Crippen molar-refractivity contribution in [2.75, 3.05) is 0 Å². The lowest BCUT2D eigenvalue weighted by molar-refractivity contribution is 0.327. The lowest BCUT2D eigenvalue weighted by Gasteiger charge is -2.34. The van der Waals surface area contributed by atoms with E-state index in [0.29, 0.717) is 10.0 Å². The van der Waals surface area contributed by atoms with Crippen molar-refractivity contribution in [3.05, 3.63) is 29.8 Å². The minimum Gasteiger partial charge on any atom is -0.276 e. The van der Waals surface area contributed by atoms with Gasteiger partial charge in [0.2, 0.25) is 0 Å². The molecule has 0 N–H and O–H groups in total. The Kier molecular flexibility index (Phi) is 4.71. The van der Waals surface area contributed by atoms with E-state index in [1.807, 2.05) is 6.92 Å². The van der Waals surface area contributed by atoms with Gasteiger partial charge in [0.15, 0.2) is 0 Å². The molecule has 0 radical (unpaired) electrons. The maximum Gasteiger partial charge on any atom is 0.383 e. The Morgan fingerprint density at radius 1 is 1.12 bits per heavy atom. The molecule has 1 atom stereocenters. The van der Waals surface area contributed by atoms with Crippen molar-refractivity contribution in [3.8, 4) is 0 Å². The molecule has 0 saturated heterocycles. The topological polar surface area (TPSA) is 70.0 Å². The molecule has 1 fully saturated rings. The zero-order chi connectivity index (χ0) is 17.5. The van der Waals surface area contributed by atoms with Crippen LogP contribution in [0.5, 0.6) is 0 Å². The van der Waals surface area contributed by atoms with E-state index in [2.05, 4.69) is 5.10 Å². The maximum atomic E-state index is 13.2. The van der Waals surface area contributed by atoms with Crippen LogP contribution in [0, 0.1) is 6.92 Å². The zero-order valence-corrected chi connectivity index (χ0v) is 16.2. The first-order chi connectivity index (χ1) is 11.2. The minimum absolute atomic E-state index is 0.0240. The van der Waals surface area contributed by atoms with Gasteiger partial charge in [-0.15, -0.1) is 5.10 Å². The summed E-state index contributed by atoms with van der Waals surface area (Å²) in [5.41, 5.74) is 0.938.